The number of aryl methyl sites for hydroxylation is 8. The number of H-pyrrole nitrogens is 1. The van der Waals surface area contributed by atoms with Gasteiger partial charge < -0.3 is 45.1 Å². The number of nitrogens with zero attached hydrogens (tertiary/aromatic N) is 6. The van der Waals surface area contributed by atoms with Gasteiger partial charge in [-0.05, 0) is 270 Å². The number of amides is 1. The molecule has 1 amide bonds. The number of aromatic amines is 1. The molecule has 0 radical (unpaired) electrons. The number of aliphatic hydroxyl groups excluding tert-OH is 1. The number of fused-ring (bicyclic) bond motifs is 3. The molecule has 0 atom stereocenters. The van der Waals surface area contributed by atoms with Crippen molar-refractivity contribution in [2.45, 2.75) is 146 Å². The molecule has 4 aliphatic rings. The number of aromatic carboxylic acids is 1. The zero-order valence-electron chi connectivity index (χ0n) is 67.5. The number of aromatic nitrogens is 3. The number of ether oxygens (including phenoxy) is 4. The predicted octanol–water partition coefficient (Wildman–Crippen LogP) is 19.6. The van der Waals surface area contributed by atoms with Crippen molar-refractivity contribution in [3.8, 4) is 5.88 Å². The molecule has 8 aromatic carbocycles. The average molecular weight is 1730 g/mol. The minimum absolute atomic E-state index is 0.00911. The van der Waals surface area contributed by atoms with E-state index in [1.807, 2.05) is 178 Å². The number of halogens is 4. The lowest BCUT2D eigenvalue weighted by Crippen LogP contribution is -2.18. The van der Waals surface area contributed by atoms with Crippen molar-refractivity contribution in [2.75, 3.05) is 33.0 Å². The van der Waals surface area contributed by atoms with E-state index in [0.717, 1.165) is 92.3 Å². The Morgan fingerprint density at radius 1 is 0.478 bits per heavy atom. The number of rotatable bonds is 10. The van der Waals surface area contributed by atoms with Crippen LogP contribution in [0.3, 0.4) is 0 Å². The first-order chi connectivity index (χ1) is 54.1. The highest BCUT2D eigenvalue weighted by atomic mass is 79.9. The number of carboxylic acids is 2. The molecule has 115 heavy (non-hydrogen) atoms. The van der Waals surface area contributed by atoms with Crippen molar-refractivity contribution in [2.24, 2.45) is 25.7 Å². The maximum absolute atomic E-state index is 11.5. The fraction of sp³-hybridized carbons (Fsp3) is 0.297. The van der Waals surface area contributed by atoms with Gasteiger partial charge in [0.1, 0.15) is 45.9 Å². The Labute approximate surface area is 698 Å². The molecule has 0 saturated heterocycles. The minimum Gasteiger partial charge on any atom is -0.494 e. The van der Waals surface area contributed by atoms with Crippen molar-refractivity contribution >= 4 is 129 Å². The normalized spacial score (nSPS) is 14.6. The Kier molecular flexibility index (Phi) is 31.0. The van der Waals surface area contributed by atoms with Crippen molar-refractivity contribution in [1.29, 1.82) is 0 Å². The van der Waals surface area contributed by atoms with E-state index in [-0.39, 0.29) is 46.6 Å². The van der Waals surface area contributed by atoms with Gasteiger partial charge in [-0.25, -0.2) is 34.7 Å². The molecule has 24 heteroatoms. The van der Waals surface area contributed by atoms with E-state index in [9.17, 15) is 24.3 Å². The molecule has 20 nitrogen and oxygen atoms in total. The SMILES string of the molecule is Cc1cccc(C(=O)O)c1.Cc1cccc(C2=NC(C)(C)CO2)c1.Cc1cccc(C2=NC(C)(C)CO2)c1C(N)=O.Cc1cccc(C2=NC(C)(C)CO2)c1CC(=O)O.Cc1cccc(C2=NC(C)(C)CO2)c1CCO.Cc1cccc2c(Br)nc(Br)cc12.Cc1cccc2c(Cl)nc(Cl)cc12.Cc1cccc2c(O)[nH]c(=O)cc12. The van der Waals surface area contributed by atoms with Gasteiger partial charge in [0, 0.05) is 51.1 Å². The number of aliphatic carboxylic acids is 1. The fourth-order valence-corrected chi connectivity index (χ4v) is 14.1. The molecule has 7 heterocycles. The second-order valence-electron chi connectivity index (χ2n) is 30.6. The van der Waals surface area contributed by atoms with Gasteiger partial charge in [0.15, 0.2) is 5.88 Å². The number of aromatic hydroxyl groups is 1. The van der Waals surface area contributed by atoms with E-state index in [4.69, 9.17) is 63.2 Å². The summed E-state index contributed by atoms with van der Waals surface area (Å²) in [6.07, 6.45) is 0.635. The number of hydrogen-bond donors (Lipinski definition) is 6. The third-order valence-electron chi connectivity index (χ3n) is 18.2. The van der Waals surface area contributed by atoms with Gasteiger partial charge in [0.25, 0.3) is 5.56 Å². The molecule has 0 saturated carbocycles. The molecule has 0 spiro atoms. The number of pyridine rings is 3. The smallest absolute Gasteiger partial charge is 0.335 e. The van der Waals surface area contributed by atoms with E-state index < -0.39 is 17.8 Å². The topological polar surface area (TPSA) is 303 Å². The van der Waals surface area contributed by atoms with E-state index in [1.165, 1.54) is 28.1 Å². The maximum Gasteiger partial charge on any atom is 0.335 e. The standard InChI is InChI=1S/C14H17NO3.C14H19NO2.C13H16N2O2.C12H15NO.C10H7Br2N.C10H7Cl2N.C10H9NO2.C8H8O2/c1-9-5-4-6-10(11(9)7-12(16)17)13-15-14(2,3)8-18-13;1-10-5-4-6-12(11(10)7-8-16)13-15-14(2,3)9-17-13;1-8-5-4-6-9(10(8)11(14)16)12-15-13(2,3)7-17-12;1-9-5-4-6-10(7-9)11-13-12(2,3)8-14-11;2*1-6-3-2-4-7-8(6)5-9(11)13-10(7)12;1-6-3-2-4-7-8(6)5-9(12)11-10(7)13;1-6-3-2-4-7(5-6)8(9)10/h4-6H,7-8H2,1-3H3,(H,16,17);4-6,16H,7-9H2,1-3H3;4-6H,7H2,1-3H3,(H2,14,16);4-7H,8H2,1-3H3;2*2-5H,1H3;2-5H,1H3,(H2,11,12,13);2-5H,1H3,(H,9,10). The van der Waals surface area contributed by atoms with E-state index in [0.29, 0.717) is 82.9 Å². The first-order valence-corrected chi connectivity index (χ1v) is 39.4. The summed E-state index contributed by atoms with van der Waals surface area (Å²) in [5, 5.41) is 42.8. The molecule has 4 aliphatic heterocycles. The Balaban J connectivity index is 0.000000165. The number of aliphatic hydroxyl groups is 1. The molecule has 7 N–H and O–H groups in total. The summed E-state index contributed by atoms with van der Waals surface area (Å²) in [4.78, 5) is 72.5. The number of hydrogen-bond acceptors (Lipinski definition) is 16. The third kappa shape index (κ3) is 25.4. The molecule has 602 valence electrons. The van der Waals surface area contributed by atoms with E-state index in [1.54, 1.807) is 24.3 Å². The Morgan fingerprint density at radius 3 is 1.37 bits per heavy atom. The molecule has 0 bridgehead atoms. The average Bonchev–Trinajstić information content (AvgIpc) is 1.72. The summed E-state index contributed by atoms with van der Waals surface area (Å²) in [6.45, 7) is 34.5. The van der Waals surface area contributed by atoms with Crippen LogP contribution in [0.25, 0.3) is 32.3 Å². The van der Waals surface area contributed by atoms with Gasteiger partial charge in [0.2, 0.25) is 29.5 Å². The molecule has 0 aliphatic carbocycles. The number of benzene rings is 8. The highest BCUT2D eigenvalue weighted by Gasteiger charge is 2.32. The first kappa shape index (κ1) is 89.9. The summed E-state index contributed by atoms with van der Waals surface area (Å²) in [5.41, 5.74) is 19.3. The summed E-state index contributed by atoms with van der Waals surface area (Å²) >= 11 is 18.6. The molecule has 0 unspecified atom stereocenters. The zero-order chi connectivity index (χ0) is 84.4. The monoisotopic (exact) mass is 1720 g/mol. The number of nitrogens with one attached hydrogen (secondary N) is 1. The predicted molar refractivity (Wildman–Crippen MR) is 469 cm³/mol. The first-order valence-electron chi connectivity index (χ1n) is 37.1. The van der Waals surface area contributed by atoms with Crippen LogP contribution in [0.5, 0.6) is 5.88 Å². The molecule has 15 rings (SSSR count). The van der Waals surface area contributed by atoms with Crippen LogP contribution in [0.15, 0.2) is 210 Å². The van der Waals surface area contributed by atoms with Crippen LogP contribution in [0.2, 0.25) is 10.3 Å². The number of carbonyl (C=O) groups is 3. The number of aliphatic imine (C=N–C) groups is 4. The lowest BCUT2D eigenvalue weighted by molar-refractivity contribution is -0.136. The molecule has 11 aromatic rings. The van der Waals surface area contributed by atoms with Crippen LogP contribution in [0.4, 0.5) is 0 Å². The second kappa shape index (κ2) is 39.6. The van der Waals surface area contributed by atoms with Crippen molar-refractivity contribution in [3.05, 3.63) is 295 Å². The molecular weight excluding hydrogens is 1630 g/mol. The number of carbonyl (C=O) groups excluding carboxylic acids is 1. The third-order valence-corrected chi connectivity index (χ3v) is 19.7. The van der Waals surface area contributed by atoms with Crippen LogP contribution < -0.4 is 11.3 Å². The summed E-state index contributed by atoms with van der Waals surface area (Å²) in [6, 6.07) is 55.3. The lowest BCUT2D eigenvalue weighted by Gasteiger charge is -2.11. The number of nitrogens with two attached hydrogens (primary N) is 1. The lowest BCUT2D eigenvalue weighted by atomic mass is 9.99. The summed E-state index contributed by atoms with van der Waals surface area (Å²) in [5.74, 6) is 0.320. The van der Waals surface area contributed by atoms with Gasteiger partial charge in [0.05, 0.1) is 39.7 Å². The Hall–Kier alpha value is -10.6. The van der Waals surface area contributed by atoms with Crippen molar-refractivity contribution in [1.82, 2.24) is 15.0 Å². The summed E-state index contributed by atoms with van der Waals surface area (Å²) < 4.78 is 24.1. The van der Waals surface area contributed by atoms with Gasteiger partial charge >= 0.3 is 11.9 Å². The maximum atomic E-state index is 11.5. The number of primary amides is 1. The van der Waals surface area contributed by atoms with Crippen LogP contribution in [0, 0.1) is 55.4 Å². The van der Waals surface area contributed by atoms with Crippen LogP contribution >= 0.6 is 55.1 Å². The van der Waals surface area contributed by atoms with Gasteiger partial charge in [-0.15, -0.1) is 0 Å². The van der Waals surface area contributed by atoms with Crippen LogP contribution in [-0.4, -0.2) is 132 Å². The molecular formula is C91H98Br2Cl2N8O12. The van der Waals surface area contributed by atoms with E-state index >= 15 is 0 Å². The van der Waals surface area contributed by atoms with Crippen molar-refractivity contribution in [3.63, 3.8) is 0 Å². The van der Waals surface area contributed by atoms with E-state index in [2.05, 4.69) is 146 Å². The van der Waals surface area contributed by atoms with Crippen molar-refractivity contribution < 1.29 is 53.8 Å². The largest absolute Gasteiger partial charge is 0.494 e. The molecule has 0 fully saturated rings. The Bertz CT molecular complexity index is 5510. The number of carboxylic acid groups (broad SMARTS) is 2. The van der Waals surface area contributed by atoms with Gasteiger partial charge in [-0.1, -0.05) is 144 Å². The highest BCUT2D eigenvalue weighted by molar-refractivity contribution is 9.11. The van der Waals surface area contributed by atoms with Gasteiger partial charge in [-0.3, -0.25) is 19.4 Å². The van der Waals surface area contributed by atoms with Crippen LogP contribution in [-0.2, 0) is 36.6 Å². The second-order valence-corrected chi connectivity index (χ2v) is 32.9. The highest BCUT2D eigenvalue weighted by Crippen LogP contribution is 2.32. The fourth-order valence-electron chi connectivity index (χ4n) is 12.4. The minimum atomic E-state index is -0.872. The van der Waals surface area contributed by atoms with Gasteiger partial charge in [-0.2, -0.15) is 0 Å². The van der Waals surface area contributed by atoms with Crippen LogP contribution in [0.1, 0.15) is 154 Å². The Morgan fingerprint density at radius 2 is 0.896 bits per heavy atom. The molecule has 3 aromatic heterocycles. The zero-order valence-corrected chi connectivity index (χ0v) is 72.2. The summed E-state index contributed by atoms with van der Waals surface area (Å²) in [7, 11) is 0. The quantitative estimate of drug-likeness (QED) is 0.0694.